The first-order valence-electron chi connectivity index (χ1n) is 5.65. The van der Waals surface area contributed by atoms with E-state index in [1.165, 1.54) is 31.4 Å². The van der Waals surface area contributed by atoms with Crippen LogP contribution in [0, 0.1) is 11.6 Å². The average molecular weight is 265 g/mol. The Kier molecular flexibility index (Phi) is 3.85. The number of nitrogens with one attached hydrogen (secondary N) is 1. The summed E-state index contributed by atoms with van der Waals surface area (Å²) in [5, 5.41) is 12.3. The van der Waals surface area contributed by atoms with Gasteiger partial charge in [0.25, 0.3) is 0 Å². The van der Waals surface area contributed by atoms with E-state index in [1.807, 2.05) is 0 Å². The third kappa shape index (κ3) is 2.93. The standard InChI is InChI=1S/C14H13F2NO2/c1-19-10-5-6-11(15)13(7-10)17-8-9-3-2-4-12(16)14(9)18/h2-7,17-18H,8H2,1H3. The van der Waals surface area contributed by atoms with Crippen molar-refractivity contribution >= 4 is 5.69 Å². The monoisotopic (exact) mass is 265 g/mol. The summed E-state index contributed by atoms with van der Waals surface area (Å²) in [5.74, 6) is -1.08. The van der Waals surface area contributed by atoms with Crippen molar-refractivity contribution in [3.63, 3.8) is 0 Å². The molecule has 19 heavy (non-hydrogen) atoms. The van der Waals surface area contributed by atoms with Gasteiger partial charge in [0.1, 0.15) is 11.6 Å². The third-order valence-corrected chi connectivity index (χ3v) is 2.71. The minimum atomic E-state index is -0.703. The van der Waals surface area contributed by atoms with E-state index in [4.69, 9.17) is 4.74 Å². The smallest absolute Gasteiger partial charge is 0.165 e. The highest BCUT2D eigenvalue weighted by atomic mass is 19.1. The highest BCUT2D eigenvalue weighted by Gasteiger charge is 2.08. The molecule has 0 atom stereocenters. The van der Waals surface area contributed by atoms with Gasteiger partial charge in [0, 0.05) is 18.2 Å². The lowest BCUT2D eigenvalue weighted by Gasteiger charge is -2.10. The molecule has 0 spiro atoms. The summed E-state index contributed by atoms with van der Waals surface area (Å²) in [6, 6.07) is 8.46. The maximum atomic E-state index is 13.5. The van der Waals surface area contributed by atoms with Crippen LogP contribution in [-0.4, -0.2) is 12.2 Å². The number of benzene rings is 2. The Morgan fingerprint density at radius 2 is 1.95 bits per heavy atom. The molecule has 0 unspecified atom stereocenters. The Labute approximate surface area is 109 Å². The van der Waals surface area contributed by atoms with Gasteiger partial charge in [-0.2, -0.15) is 0 Å². The normalized spacial score (nSPS) is 10.3. The van der Waals surface area contributed by atoms with Crippen LogP contribution in [0.5, 0.6) is 11.5 Å². The summed E-state index contributed by atoms with van der Waals surface area (Å²) in [6.45, 7) is 0.105. The fourth-order valence-electron chi connectivity index (χ4n) is 1.66. The van der Waals surface area contributed by atoms with Crippen LogP contribution < -0.4 is 10.1 Å². The summed E-state index contributed by atoms with van der Waals surface area (Å²) in [6.07, 6.45) is 0. The lowest BCUT2D eigenvalue weighted by molar-refractivity contribution is 0.414. The number of hydrogen-bond donors (Lipinski definition) is 2. The molecule has 0 aromatic heterocycles. The zero-order valence-corrected chi connectivity index (χ0v) is 10.3. The largest absolute Gasteiger partial charge is 0.505 e. The molecule has 2 rings (SSSR count). The summed E-state index contributed by atoms with van der Waals surface area (Å²) in [5.41, 5.74) is 0.574. The van der Waals surface area contributed by atoms with Gasteiger partial charge in [-0.15, -0.1) is 0 Å². The molecule has 2 N–H and O–H groups in total. The zero-order chi connectivity index (χ0) is 13.8. The molecule has 0 radical (unpaired) electrons. The highest BCUT2D eigenvalue weighted by Crippen LogP contribution is 2.24. The molecule has 2 aromatic carbocycles. The molecular weight excluding hydrogens is 252 g/mol. The Balaban J connectivity index is 2.16. The maximum absolute atomic E-state index is 13.5. The van der Waals surface area contributed by atoms with E-state index in [9.17, 15) is 13.9 Å². The number of halogens is 2. The molecule has 0 aliphatic rings. The van der Waals surface area contributed by atoms with Crippen molar-refractivity contribution in [3.05, 3.63) is 53.6 Å². The predicted octanol–water partition coefficient (Wildman–Crippen LogP) is 3.29. The molecule has 0 amide bonds. The van der Waals surface area contributed by atoms with Gasteiger partial charge in [0.2, 0.25) is 0 Å². The number of hydrogen-bond acceptors (Lipinski definition) is 3. The van der Waals surface area contributed by atoms with E-state index in [1.54, 1.807) is 6.07 Å². The van der Waals surface area contributed by atoms with E-state index in [-0.39, 0.29) is 12.2 Å². The highest BCUT2D eigenvalue weighted by molar-refractivity contribution is 5.50. The summed E-state index contributed by atoms with van der Waals surface area (Å²) >= 11 is 0. The van der Waals surface area contributed by atoms with Gasteiger partial charge in [0.15, 0.2) is 11.6 Å². The molecule has 3 nitrogen and oxygen atoms in total. The maximum Gasteiger partial charge on any atom is 0.165 e. The third-order valence-electron chi connectivity index (χ3n) is 2.71. The second-order valence-electron chi connectivity index (χ2n) is 3.95. The van der Waals surface area contributed by atoms with Crippen LogP contribution in [-0.2, 0) is 6.54 Å². The molecular formula is C14H13F2NO2. The molecule has 100 valence electrons. The first-order chi connectivity index (χ1) is 9.11. The quantitative estimate of drug-likeness (QED) is 0.891. The van der Waals surface area contributed by atoms with Gasteiger partial charge in [-0.25, -0.2) is 8.78 Å². The minimum absolute atomic E-state index is 0.105. The predicted molar refractivity (Wildman–Crippen MR) is 68.3 cm³/mol. The van der Waals surface area contributed by atoms with E-state index in [2.05, 4.69) is 5.32 Å². The Hall–Kier alpha value is -2.30. The van der Waals surface area contributed by atoms with Crippen molar-refractivity contribution in [1.29, 1.82) is 0 Å². The number of para-hydroxylation sites is 1. The molecule has 0 fully saturated rings. The van der Waals surface area contributed by atoms with Crippen LogP contribution >= 0.6 is 0 Å². The number of methoxy groups -OCH3 is 1. The molecule has 0 bridgehead atoms. The summed E-state index contributed by atoms with van der Waals surface area (Å²) < 4.78 is 31.7. The van der Waals surface area contributed by atoms with E-state index in [0.717, 1.165) is 6.07 Å². The number of aromatic hydroxyl groups is 1. The Bertz CT molecular complexity index is 588. The molecule has 0 saturated heterocycles. The van der Waals surface area contributed by atoms with Gasteiger partial charge in [-0.1, -0.05) is 12.1 Å². The van der Waals surface area contributed by atoms with Gasteiger partial charge in [-0.05, 0) is 18.2 Å². The fraction of sp³-hybridized carbons (Fsp3) is 0.143. The molecule has 0 aliphatic carbocycles. The van der Waals surface area contributed by atoms with Gasteiger partial charge in [0.05, 0.1) is 12.8 Å². The van der Waals surface area contributed by atoms with Crippen LogP contribution in [0.25, 0.3) is 0 Å². The summed E-state index contributed by atoms with van der Waals surface area (Å²) in [7, 11) is 1.48. The van der Waals surface area contributed by atoms with E-state index in [0.29, 0.717) is 11.3 Å². The number of rotatable bonds is 4. The van der Waals surface area contributed by atoms with Crippen LogP contribution in [0.4, 0.5) is 14.5 Å². The van der Waals surface area contributed by atoms with Gasteiger partial charge in [-0.3, -0.25) is 0 Å². The van der Waals surface area contributed by atoms with E-state index < -0.39 is 17.4 Å². The minimum Gasteiger partial charge on any atom is -0.505 e. The van der Waals surface area contributed by atoms with Crippen LogP contribution in [0.1, 0.15) is 5.56 Å². The van der Waals surface area contributed by atoms with Gasteiger partial charge < -0.3 is 15.2 Å². The summed E-state index contributed by atoms with van der Waals surface area (Å²) in [4.78, 5) is 0. The second kappa shape index (κ2) is 5.56. The van der Waals surface area contributed by atoms with Gasteiger partial charge >= 0.3 is 0 Å². The zero-order valence-electron chi connectivity index (χ0n) is 10.3. The topological polar surface area (TPSA) is 41.5 Å². The number of ether oxygens (including phenoxy) is 1. The van der Waals surface area contributed by atoms with Crippen LogP contribution in [0.3, 0.4) is 0 Å². The molecule has 2 aromatic rings. The Morgan fingerprint density at radius 1 is 1.16 bits per heavy atom. The first kappa shape index (κ1) is 13.1. The lowest BCUT2D eigenvalue weighted by Crippen LogP contribution is -2.02. The van der Waals surface area contributed by atoms with Crippen molar-refractivity contribution < 1.29 is 18.6 Å². The molecule has 0 aliphatic heterocycles. The van der Waals surface area contributed by atoms with Crippen molar-refractivity contribution in [2.75, 3.05) is 12.4 Å². The van der Waals surface area contributed by atoms with E-state index >= 15 is 0 Å². The molecule has 0 heterocycles. The number of phenolic OH excluding ortho intramolecular Hbond substituents is 1. The fourth-order valence-corrected chi connectivity index (χ4v) is 1.66. The lowest BCUT2D eigenvalue weighted by atomic mass is 10.2. The average Bonchev–Trinajstić information content (AvgIpc) is 2.42. The Morgan fingerprint density at radius 3 is 2.68 bits per heavy atom. The van der Waals surface area contributed by atoms with Crippen molar-refractivity contribution in [2.45, 2.75) is 6.54 Å². The van der Waals surface area contributed by atoms with Crippen molar-refractivity contribution in [3.8, 4) is 11.5 Å². The van der Waals surface area contributed by atoms with Crippen LogP contribution in [0.2, 0.25) is 0 Å². The van der Waals surface area contributed by atoms with Crippen molar-refractivity contribution in [1.82, 2.24) is 0 Å². The number of anilines is 1. The van der Waals surface area contributed by atoms with Crippen molar-refractivity contribution in [2.24, 2.45) is 0 Å². The van der Waals surface area contributed by atoms with Crippen LogP contribution in [0.15, 0.2) is 36.4 Å². The number of phenols is 1. The first-order valence-corrected chi connectivity index (χ1v) is 5.65. The molecule has 5 heteroatoms. The second-order valence-corrected chi connectivity index (χ2v) is 3.95. The molecule has 0 saturated carbocycles. The SMILES string of the molecule is COc1ccc(F)c(NCc2cccc(F)c2O)c1.